The molecule has 2 aromatic rings. The molecule has 0 saturated heterocycles. The summed E-state index contributed by atoms with van der Waals surface area (Å²) < 4.78 is 0. The van der Waals surface area contributed by atoms with Gasteiger partial charge in [-0.15, -0.1) is 0 Å². The van der Waals surface area contributed by atoms with Crippen molar-refractivity contribution in [2.24, 2.45) is 16.5 Å². The van der Waals surface area contributed by atoms with Gasteiger partial charge in [0, 0.05) is 23.9 Å². The minimum absolute atomic E-state index is 0.0703. The topological polar surface area (TPSA) is 268 Å². The Morgan fingerprint density at radius 3 is 1.51 bits per heavy atom. The molecule has 218 valence electrons. The summed E-state index contributed by atoms with van der Waals surface area (Å²) in [6, 6.07) is 16.7. The fraction of sp³-hybridized carbons (Fsp3) is 0.269. The number of carboxylic acids is 4. The lowest BCUT2D eigenvalue weighted by Gasteiger charge is -2.28. The molecule has 2 aromatic carbocycles. The molecule has 0 aliphatic carbocycles. The molecule has 1 aliphatic heterocycles. The van der Waals surface area contributed by atoms with E-state index in [1.807, 2.05) is 54.6 Å². The van der Waals surface area contributed by atoms with E-state index in [-0.39, 0.29) is 24.8 Å². The van der Waals surface area contributed by atoms with Gasteiger partial charge in [0.05, 0.1) is 31.5 Å². The Morgan fingerprint density at radius 2 is 1.12 bits per heavy atom. The van der Waals surface area contributed by atoms with Crippen LogP contribution in [0, 0.1) is 10.8 Å². The van der Waals surface area contributed by atoms with Crippen molar-refractivity contribution in [2.75, 3.05) is 39.3 Å². The van der Waals surface area contributed by atoms with Crippen LogP contribution >= 0.6 is 0 Å². The highest BCUT2D eigenvalue weighted by molar-refractivity contribution is 6.24. The number of hydrogen-bond donors (Lipinski definition) is 8. The van der Waals surface area contributed by atoms with Gasteiger partial charge in [-0.3, -0.25) is 44.8 Å². The van der Waals surface area contributed by atoms with Gasteiger partial charge in [-0.05, 0) is 11.6 Å². The Balaban J connectivity index is 0.000000288. The van der Waals surface area contributed by atoms with E-state index in [4.69, 9.17) is 42.7 Å². The highest BCUT2D eigenvalue weighted by Gasteiger charge is 2.44. The van der Waals surface area contributed by atoms with Gasteiger partial charge in [0.1, 0.15) is 11.7 Å². The maximum absolute atomic E-state index is 10.6. The van der Waals surface area contributed by atoms with Crippen LogP contribution < -0.4 is 22.0 Å². The molecule has 1 atom stereocenters. The van der Waals surface area contributed by atoms with Crippen molar-refractivity contribution in [3.63, 3.8) is 0 Å². The lowest BCUT2D eigenvalue weighted by Crippen LogP contribution is -2.43. The first kappa shape index (κ1) is 32.1. The molecular formula is C26H31N7O8. The molecule has 0 amide bonds. The van der Waals surface area contributed by atoms with Gasteiger partial charge in [0.15, 0.2) is 5.54 Å². The second kappa shape index (κ2) is 14.3. The molecule has 0 fully saturated rings. The molecular weight excluding hydrogens is 538 g/mol. The van der Waals surface area contributed by atoms with Gasteiger partial charge < -0.3 is 31.9 Å². The van der Waals surface area contributed by atoms with Crippen LogP contribution in [0.2, 0.25) is 0 Å². The fourth-order valence-electron chi connectivity index (χ4n) is 4.27. The molecule has 1 heterocycles. The largest absolute Gasteiger partial charge is 0.480 e. The fourth-order valence-corrected chi connectivity index (χ4v) is 4.27. The number of carbonyl (C=O) groups is 4. The molecule has 1 aliphatic rings. The van der Waals surface area contributed by atoms with E-state index in [0.29, 0.717) is 10.9 Å². The third kappa shape index (κ3) is 8.67. The second-order valence-electron chi connectivity index (χ2n) is 8.90. The predicted molar refractivity (Wildman–Crippen MR) is 146 cm³/mol. The maximum atomic E-state index is 10.6. The molecule has 1 unspecified atom stereocenters. The number of amidine groups is 2. The van der Waals surface area contributed by atoms with Gasteiger partial charge in [-0.2, -0.15) is 0 Å². The van der Waals surface area contributed by atoms with Crippen molar-refractivity contribution in [2.45, 2.75) is 5.54 Å². The lowest BCUT2D eigenvalue weighted by atomic mass is 9.81. The van der Waals surface area contributed by atoms with Crippen molar-refractivity contribution < 1.29 is 39.6 Å². The van der Waals surface area contributed by atoms with Gasteiger partial charge in [-0.25, -0.2) is 0 Å². The van der Waals surface area contributed by atoms with Gasteiger partial charge >= 0.3 is 23.9 Å². The third-order valence-electron chi connectivity index (χ3n) is 5.84. The molecule has 0 saturated carbocycles. The van der Waals surface area contributed by atoms with Crippen molar-refractivity contribution in [1.29, 1.82) is 10.8 Å². The number of carboxylic acid groups (broad SMARTS) is 4. The average Bonchev–Trinajstić information content (AvgIpc) is 3.24. The number of aliphatic carboxylic acids is 4. The van der Waals surface area contributed by atoms with Crippen molar-refractivity contribution in [3.8, 4) is 0 Å². The third-order valence-corrected chi connectivity index (χ3v) is 5.84. The van der Waals surface area contributed by atoms with Crippen LogP contribution in [-0.2, 0) is 24.7 Å². The maximum Gasteiger partial charge on any atom is 0.317 e. The Bertz CT molecular complexity index is 1380. The number of hydrogen-bond acceptors (Lipinski definition) is 9. The summed E-state index contributed by atoms with van der Waals surface area (Å²) in [6.07, 6.45) is 0. The van der Waals surface area contributed by atoms with Crippen LogP contribution in [0.3, 0.4) is 0 Å². The van der Waals surface area contributed by atoms with Gasteiger partial charge in [0.25, 0.3) is 0 Å². The Kier molecular flexibility index (Phi) is 11.2. The zero-order chi connectivity index (χ0) is 30.7. The monoisotopic (exact) mass is 569 g/mol. The van der Waals surface area contributed by atoms with E-state index < -0.39 is 55.6 Å². The van der Waals surface area contributed by atoms with Gasteiger partial charge in [0.2, 0.25) is 0 Å². The zero-order valence-corrected chi connectivity index (χ0v) is 21.9. The summed E-state index contributed by atoms with van der Waals surface area (Å²) >= 11 is 0. The Morgan fingerprint density at radius 1 is 0.707 bits per heavy atom. The van der Waals surface area contributed by atoms with Crippen LogP contribution in [0.4, 0.5) is 0 Å². The SMILES string of the molecule is N=C(N)C1=c2ccccc2=NC1(C(=N)N)c1ccccc1.O=C(O)CN(CCN(CC(=O)O)CC(=O)O)CC(=O)O. The predicted octanol–water partition coefficient (Wildman–Crippen LogP) is -1.83. The quantitative estimate of drug-likeness (QED) is 0.0922. The molecule has 41 heavy (non-hydrogen) atoms. The molecule has 0 bridgehead atoms. The average molecular weight is 570 g/mol. The van der Waals surface area contributed by atoms with Crippen LogP contribution in [0.5, 0.6) is 0 Å². The zero-order valence-electron chi connectivity index (χ0n) is 21.9. The standard InChI is InChI=1S/C16H15N5.C10H16N2O8/c17-14(18)13-11-8-4-5-9-12(11)21-16(13,15(19)20)10-6-2-1-3-7-10;13-7(14)3-11(4-8(15)16)1-2-12(5-9(17)18)6-10(19)20/h1-9H,(H3,17,18)(H3,19,20);1-6H2,(H,13,14)(H,15,16)(H,17,18)(H,19,20). The van der Waals surface area contributed by atoms with Crippen LogP contribution in [0.15, 0.2) is 59.6 Å². The summed E-state index contributed by atoms with van der Waals surface area (Å²) in [4.78, 5) is 49.0. The summed E-state index contributed by atoms with van der Waals surface area (Å²) in [5.41, 5.74) is 11.7. The molecule has 10 N–H and O–H groups in total. The van der Waals surface area contributed by atoms with Crippen LogP contribution in [-0.4, -0.2) is 105 Å². The van der Waals surface area contributed by atoms with E-state index >= 15 is 0 Å². The van der Waals surface area contributed by atoms with Crippen LogP contribution in [0.25, 0.3) is 5.57 Å². The molecule has 0 radical (unpaired) electrons. The van der Waals surface area contributed by atoms with E-state index in [1.54, 1.807) is 0 Å². The molecule has 15 nitrogen and oxygen atoms in total. The molecule has 3 rings (SSSR count). The number of fused-ring (bicyclic) bond motifs is 1. The first-order valence-corrected chi connectivity index (χ1v) is 12.0. The number of benzene rings is 2. The molecule has 15 heteroatoms. The second-order valence-corrected chi connectivity index (χ2v) is 8.90. The summed E-state index contributed by atoms with van der Waals surface area (Å²) in [7, 11) is 0. The smallest absolute Gasteiger partial charge is 0.317 e. The van der Waals surface area contributed by atoms with Crippen molar-refractivity contribution >= 4 is 41.1 Å². The van der Waals surface area contributed by atoms with E-state index in [1.165, 1.54) is 0 Å². The summed E-state index contributed by atoms with van der Waals surface area (Å²) in [5.74, 6) is -5.18. The lowest BCUT2D eigenvalue weighted by molar-refractivity contribution is -0.145. The number of rotatable bonds is 14. The summed E-state index contributed by atoms with van der Waals surface area (Å²) in [6.45, 7) is -2.25. The summed E-state index contributed by atoms with van der Waals surface area (Å²) in [5, 5.41) is 52.0. The molecule has 0 aromatic heterocycles. The van der Waals surface area contributed by atoms with Crippen molar-refractivity contribution in [3.05, 3.63) is 70.7 Å². The first-order valence-electron chi connectivity index (χ1n) is 12.0. The first-order chi connectivity index (χ1) is 19.3. The highest BCUT2D eigenvalue weighted by atomic mass is 16.4. The number of nitrogens with zero attached hydrogens (tertiary/aromatic N) is 3. The number of nitrogens with two attached hydrogens (primary N) is 2. The Labute approximate surface area is 233 Å². The Hall–Kier alpha value is -5.15. The normalized spacial score (nSPS) is 15.3. The van der Waals surface area contributed by atoms with E-state index in [2.05, 4.69) is 4.99 Å². The van der Waals surface area contributed by atoms with E-state index in [0.717, 1.165) is 20.6 Å². The molecule has 0 spiro atoms. The minimum Gasteiger partial charge on any atom is -0.480 e. The van der Waals surface area contributed by atoms with E-state index in [9.17, 15) is 19.2 Å². The highest BCUT2D eigenvalue weighted by Crippen LogP contribution is 2.35. The van der Waals surface area contributed by atoms with Gasteiger partial charge in [-0.1, -0.05) is 48.5 Å². The van der Waals surface area contributed by atoms with Crippen LogP contribution in [0.1, 0.15) is 5.56 Å². The van der Waals surface area contributed by atoms with Crippen molar-refractivity contribution in [1.82, 2.24) is 9.80 Å². The number of para-hydroxylation sites is 1. The minimum atomic E-state index is -1.23. The number of nitrogens with one attached hydrogen (secondary N) is 2.